The van der Waals surface area contributed by atoms with Gasteiger partial charge in [0.2, 0.25) is 0 Å². The molecule has 5 nitrogen and oxygen atoms in total. The summed E-state index contributed by atoms with van der Waals surface area (Å²) < 4.78 is 2.95. The van der Waals surface area contributed by atoms with Gasteiger partial charge in [0, 0.05) is 23.4 Å². The Hall–Kier alpha value is -2.08. The Bertz CT molecular complexity index is 753. The number of imidazole rings is 1. The molecule has 0 radical (unpaired) electrons. The number of halogens is 1. The van der Waals surface area contributed by atoms with Gasteiger partial charge >= 0.3 is 0 Å². The molecule has 0 saturated heterocycles. The molecule has 108 valence electrons. The third-order valence-electron chi connectivity index (χ3n) is 3.06. The van der Waals surface area contributed by atoms with Crippen molar-refractivity contribution in [2.75, 3.05) is 17.2 Å². The van der Waals surface area contributed by atoms with E-state index in [0.29, 0.717) is 0 Å². The van der Waals surface area contributed by atoms with E-state index in [1.165, 1.54) is 0 Å². The number of hydrogen-bond donors (Lipinski definition) is 2. The molecule has 3 rings (SSSR count). The molecule has 1 aromatic carbocycles. The van der Waals surface area contributed by atoms with Gasteiger partial charge in [-0.1, -0.05) is 19.1 Å². The molecule has 0 amide bonds. The number of nitrogens with zero attached hydrogens (tertiary/aromatic N) is 3. The molecule has 21 heavy (non-hydrogen) atoms. The number of benzene rings is 1. The van der Waals surface area contributed by atoms with Gasteiger partial charge in [0.1, 0.15) is 5.82 Å². The molecule has 0 aliphatic carbocycles. The van der Waals surface area contributed by atoms with E-state index in [4.69, 9.17) is 0 Å². The van der Waals surface area contributed by atoms with Crippen molar-refractivity contribution >= 4 is 38.9 Å². The molecular weight excluding hydrogens is 330 g/mol. The third-order valence-corrected chi connectivity index (χ3v) is 3.75. The van der Waals surface area contributed by atoms with Crippen molar-refractivity contribution in [2.24, 2.45) is 0 Å². The predicted molar refractivity (Wildman–Crippen MR) is 89.2 cm³/mol. The van der Waals surface area contributed by atoms with Crippen LogP contribution in [0.15, 0.2) is 47.3 Å². The topological polar surface area (TPSA) is 54.2 Å². The van der Waals surface area contributed by atoms with Crippen LogP contribution in [0.1, 0.15) is 13.3 Å². The highest BCUT2D eigenvalue weighted by atomic mass is 79.9. The third kappa shape index (κ3) is 3.00. The molecule has 0 atom stereocenters. The van der Waals surface area contributed by atoms with E-state index in [0.717, 1.165) is 40.4 Å². The summed E-state index contributed by atoms with van der Waals surface area (Å²) in [4.78, 5) is 8.98. The molecule has 3 aromatic rings. The lowest BCUT2D eigenvalue weighted by Crippen LogP contribution is -2.06. The van der Waals surface area contributed by atoms with Gasteiger partial charge in [0.25, 0.3) is 0 Å². The second kappa shape index (κ2) is 6.13. The average Bonchev–Trinajstić information content (AvgIpc) is 2.96. The lowest BCUT2D eigenvalue weighted by atomic mass is 10.3. The van der Waals surface area contributed by atoms with E-state index in [1.54, 1.807) is 6.20 Å². The number of nitrogens with one attached hydrogen (secondary N) is 2. The van der Waals surface area contributed by atoms with E-state index in [9.17, 15) is 0 Å². The maximum absolute atomic E-state index is 4.62. The zero-order valence-electron chi connectivity index (χ0n) is 11.7. The fourth-order valence-electron chi connectivity index (χ4n) is 2.04. The molecule has 2 N–H and O–H groups in total. The lowest BCUT2D eigenvalue weighted by Gasteiger charge is -2.11. The predicted octanol–water partition coefficient (Wildman–Crippen LogP) is 4.06. The van der Waals surface area contributed by atoms with E-state index in [-0.39, 0.29) is 0 Å². The van der Waals surface area contributed by atoms with Crippen LogP contribution in [-0.4, -0.2) is 20.9 Å². The Morgan fingerprint density at radius 3 is 2.95 bits per heavy atom. The molecule has 0 bridgehead atoms. The van der Waals surface area contributed by atoms with Crippen LogP contribution < -0.4 is 10.6 Å². The molecular formula is C15H16BrN5. The zero-order chi connectivity index (χ0) is 14.7. The monoisotopic (exact) mass is 345 g/mol. The molecule has 2 heterocycles. The van der Waals surface area contributed by atoms with Gasteiger partial charge in [0.15, 0.2) is 11.5 Å². The summed E-state index contributed by atoms with van der Waals surface area (Å²) in [5.41, 5.74) is 1.76. The van der Waals surface area contributed by atoms with E-state index < -0.39 is 0 Å². The van der Waals surface area contributed by atoms with Gasteiger partial charge in [-0.3, -0.25) is 0 Å². The number of anilines is 3. The minimum atomic E-state index is 0.730. The van der Waals surface area contributed by atoms with Gasteiger partial charge in [-0.15, -0.1) is 0 Å². The van der Waals surface area contributed by atoms with Gasteiger partial charge in [0.05, 0.1) is 11.9 Å². The molecule has 0 fully saturated rings. The number of fused-ring (bicyclic) bond motifs is 1. The average molecular weight is 346 g/mol. The summed E-state index contributed by atoms with van der Waals surface area (Å²) in [5, 5.41) is 6.64. The second-order valence-corrected chi connectivity index (χ2v) is 5.52. The van der Waals surface area contributed by atoms with Crippen molar-refractivity contribution in [3.63, 3.8) is 0 Å². The van der Waals surface area contributed by atoms with E-state index >= 15 is 0 Å². The van der Waals surface area contributed by atoms with Gasteiger partial charge in [-0.05, 0) is 34.5 Å². The van der Waals surface area contributed by atoms with Crippen molar-refractivity contribution in [3.8, 4) is 0 Å². The number of para-hydroxylation sites is 1. The van der Waals surface area contributed by atoms with Crippen LogP contribution in [0.25, 0.3) is 5.65 Å². The molecule has 6 heteroatoms. The van der Waals surface area contributed by atoms with Crippen molar-refractivity contribution in [3.05, 3.63) is 47.3 Å². The molecule has 0 aliphatic heterocycles. The number of rotatable bonds is 5. The Kier molecular flexibility index (Phi) is 4.06. The first-order valence-electron chi connectivity index (χ1n) is 6.87. The normalized spacial score (nSPS) is 10.8. The fraction of sp³-hybridized carbons (Fsp3) is 0.200. The summed E-state index contributed by atoms with van der Waals surface area (Å²) >= 11 is 3.54. The van der Waals surface area contributed by atoms with Crippen molar-refractivity contribution < 1.29 is 0 Å². The summed E-state index contributed by atoms with van der Waals surface area (Å²) in [6, 6.07) is 7.95. The smallest absolute Gasteiger partial charge is 0.180 e. The summed E-state index contributed by atoms with van der Waals surface area (Å²) in [5.74, 6) is 1.56. The van der Waals surface area contributed by atoms with Gasteiger partial charge in [-0.2, -0.15) is 0 Å². The van der Waals surface area contributed by atoms with Crippen LogP contribution in [0.5, 0.6) is 0 Å². The van der Waals surface area contributed by atoms with Crippen molar-refractivity contribution in [1.82, 2.24) is 14.4 Å². The van der Waals surface area contributed by atoms with Gasteiger partial charge in [-0.25, -0.2) is 9.97 Å². The minimum Gasteiger partial charge on any atom is -0.369 e. The van der Waals surface area contributed by atoms with Crippen LogP contribution in [0, 0.1) is 0 Å². The summed E-state index contributed by atoms with van der Waals surface area (Å²) in [6.45, 7) is 3.02. The van der Waals surface area contributed by atoms with Crippen LogP contribution in [-0.2, 0) is 0 Å². The minimum absolute atomic E-state index is 0.730. The van der Waals surface area contributed by atoms with Gasteiger partial charge < -0.3 is 15.0 Å². The highest BCUT2D eigenvalue weighted by Gasteiger charge is 2.09. The number of hydrogen-bond acceptors (Lipinski definition) is 4. The Morgan fingerprint density at radius 1 is 1.29 bits per heavy atom. The van der Waals surface area contributed by atoms with Crippen molar-refractivity contribution in [1.29, 1.82) is 0 Å². The maximum atomic E-state index is 4.62. The van der Waals surface area contributed by atoms with Crippen LogP contribution in [0.3, 0.4) is 0 Å². The van der Waals surface area contributed by atoms with Crippen molar-refractivity contribution in [2.45, 2.75) is 13.3 Å². The Labute approximate surface area is 131 Å². The molecule has 0 spiro atoms. The highest BCUT2D eigenvalue weighted by molar-refractivity contribution is 9.10. The molecule has 0 unspecified atom stereocenters. The Balaban J connectivity index is 2.00. The lowest BCUT2D eigenvalue weighted by molar-refractivity contribution is 0.962. The Morgan fingerprint density at radius 2 is 2.14 bits per heavy atom. The first-order valence-corrected chi connectivity index (χ1v) is 7.66. The first kappa shape index (κ1) is 13.9. The molecule has 2 aromatic heterocycles. The summed E-state index contributed by atoms with van der Waals surface area (Å²) in [7, 11) is 0. The van der Waals surface area contributed by atoms with Crippen LogP contribution >= 0.6 is 15.9 Å². The standard InChI is InChI=1S/C15H16BrN5/c1-2-7-17-13-10-21-9-8-18-15(21)14(20-13)19-12-6-4-3-5-11(12)16/h3-6,8-10,17H,2,7H2,1H3,(H,19,20). The van der Waals surface area contributed by atoms with E-state index in [2.05, 4.69) is 43.5 Å². The quantitative estimate of drug-likeness (QED) is 0.732. The fourth-order valence-corrected chi connectivity index (χ4v) is 2.43. The summed E-state index contributed by atoms with van der Waals surface area (Å²) in [6.07, 6.45) is 6.69. The zero-order valence-corrected chi connectivity index (χ0v) is 13.3. The van der Waals surface area contributed by atoms with Crippen LogP contribution in [0.2, 0.25) is 0 Å². The van der Waals surface area contributed by atoms with Crippen LogP contribution in [0.4, 0.5) is 17.3 Å². The largest absolute Gasteiger partial charge is 0.369 e. The first-order chi connectivity index (χ1) is 10.3. The molecule has 0 aliphatic rings. The molecule has 0 saturated carbocycles. The van der Waals surface area contributed by atoms with E-state index in [1.807, 2.05) is 41.1 Å². The highest BCUT2D eigenvalue weighted by Crippen LogP contribution is 2.27. The maximum Gasteiger partial charge on any atom is 0.180 e. The second-order valence-electron chi connectivity index (χ2n) is 4.66. The number of aromatic nitrogens is 3. The SMILES string of the molecule is CCCNc1cn2ccnc2c(Nc2ccccc2Br)n1.